The number of nitrogens with zero attached hydrogens (tertiary/aromatic N) is 7. The van der Waals surface area contributed by atoms with Crippen LogP contribution in [0.1, 0.15) is 49.5 Å². The van der Waals surface area contributed by atoms with E-state index in [4.69, 9.17) is 21.7 Å². The van der Waals surface area contributed by atoms with Crippen molar-refractivity contribution in [2.24, 2.45) is 23.7 Å². The van der Waals surface area contributed by atoms with Gasteiger partial charge in [-0.2, -0.15) is 4.68 Å². The number of hydrogen-bond acceptors (Lipinski definition) is 8. The topological polar surface area (TPSA) is 179 Å². The van der Waals surface area contributed by atoms with Gasteiger partial charge in [-0.3, -0.25) is 10.1 Å². The number of anilines is 1. The van der Waals surface area contributed by atoms with E-state index in [2.05, 4.69) is 25.8 Å². The number of piperidine rings is 2. The van der Waals surface area contributed by atoms with Gasteiger partial charge < -0.3 is 15.0 Å². The summed E-state index contributed by atoms with van der Waals surface area (Å²) in [5.74, 6) is 1.66. The van der Waals surface area contributed by atoms with Gasteiger partial charge >= 0.3 is 6.09 Å². The normalized spacial score (nSPS) is 22.2. The summed E-state index contributed by atoms with van der Waals surface area (Å²) in [5.41, 5.74) is 3.31. The van der Waals surface area contributed by atoms with Crippen molar-refractivity contribution in [2.45, 2.75) is 38.1 Å². The highest BCUT2D eigenvalue weighted by atomic mass is 35.5. The van der Waals surface area contributed by atoms with Crippen LogP contribution in [-0.4, -0.2) is 90.8 Å². The predicted molar refractivity (Wildman–Crippen MR) is 187 cm³/mol. The van der Waals surface area contributed by atoms with Gasteiger partial charge in [0.2, 0.25) is 15.9 Å². The molecule has 3 aliphatic rings. The van der Waals surface area contributed by atoms with Crippen LogP contribution in [0, 0.1) is 23.7 Å². The zero-order valence-corrected chi connectivity index (χ0v) is 29.0. The van der Waals surface area contributed by atoms with Crippen LogP contribution >= 0.6 is 11.6 Å². The Bertz CT molecular complexity index is 1990. The Morgan fingerprint density at radius 3 is 2.46 bits per heavy atom. The van der Waals surface area contributed by atoms with Gasteiger partial charge in [0.25, 0.3) is 0 Å². The number of hydrogen-bond donors (Lipinski definition) is 3. The van der Waals surface area contributed by atoms with Crippen LogP contribution < -0.4 is 5.32 Å². The minimum atomic E-state index is -3.25. The van der Waals surface area contributed by atoms with Gasteiger partial charge in [-0.05, 0) is 103 Å². The first kappa shape index (κ1) is 33.9. The van der Waals surface area contributed by atoms with E-state index >= 15 is 0 Å². The van der Waals surface area contributed by atoms with E-state index < -0.39 is 16.1 Å². The summed E-state index contributed by atoms with van der Waals surface area (Å²) >= 11 is 6.36. The number of rotatable bonds is 9. The van der Waals surface area contributed by atoms with Gasteiger partial charge in [-0.25, -0.2) is 22.5 Å². The zero-order chi connectivity index (χ0) is 35.0. The molecule has 2 aromatic carbocycles. The van der Waals surface area contributed by atoms with Crippen molar-refractivity contribution in [3.05, 3.63) is 77.5 Å². The number of halogens is 1. The molecule has 7 rings (SSSR count). The van der Waals surface area contributed by atoms with Gasteiger partial charge in [0.1, 0.15) is 12.2 Å². The molecule has 0 spiro atoms. The molecule has 3 fully saturated rings. The smallest absolute Gasteiger partial charge is 0.409 e. The summed E-state index contributed by atoms with van der Waals surface area (Å²) in [6, 6.07) is 12.0. The average Bonchev–Trinajstić information content (AvgIpc) is 3.57. The predicted octanol–water partition coefficient (Wildman–Crippen LogP) is 5.10. The first-order valence-corrected chi connectivity index (χ1v) is 18.9. The van der Waals surface area contributed by atoms with Crippen molar-refractivity contribution in [3.8, 4) is 16.9 Å². The average molecular weight is 720 g/mol. The van der Waals surface area contributed by atoms with Crippen LogP contribution in [0.3, 0.4) is 0 Å². The molecule has 16 heteroatoms. The van der Waals surface area contributed by atoms with E-state index in [0.29, 0.717) is 64.9 Å². The number of aromatic nitrogens is 6. The first-order chi connectivity index (χ1) is 24.0. The summed E-state index contributed by atoms with van der Waals surface area (Å²) < 4.78 is 27.6. The number of carbonyl (C=O) groups is 2. The van der Waals surface area contributed by atoms with Crippen LogP contribution in [0.2, 0.25) is 5.02 Å². The molecule has 2 amide bonds. The SMILES string of the molecule is CS(=O)(=O)N1CCC([C@H]2C[C@@H](C3CC3)[C@@H](c3nc(-c4ccc(NC(=O)O)cc4)c[nH]3)N(C(=O)/C=C/c3cc(Cl)ccc3-n3cnnn3)C2)CC1. The Hall–Kier alpha value is -4.60. The van der Waals surface area contributed by atoms with Gasteiger partial charge in [0.15, 0.2) is 0 Å². The molecule has 0 bridgehead atoms. The van der Waals surface area contributed by atoms with Crippen molar-refractivity contribution < 1.29 is 23.1 Å². The van der Waals surface area contributed by atoms with E-state index in [0.717, 1.165) is 37.7 Å². The molecule has 262 valence electrons. The Morgan fingerprint density at radius 1 is 1.04 bits per heavy atom. The van der Waals surface area contributed by atoms with Gasteiger partial charge in [0, 0.05) is 53.7 Å². The van der Waals surface area contributed by atoms with Crippen LogP contribution in [-0.2, 0) is 14.8 Å². The van der Waals surface area contributed by atoms with Crippen molar-refractivity contribution in [1.82, 2.24) is 39.4 Å². The van der Waals surface area contributed by atoms with E-state index in [9.17, 15) is 18.0 Å². The lowest BCUT2D eigenvalue weighted by Gasteiger charge is -2.47. The minimum absolute atomic E-state index is 0.163. The fraction of sp³-hybridized carbons (Fsp3) is 0.412. The van der Waals surface area contributed by atoms with Crippen molar-refractivity contribution in [2.75, 3.05) is 31.2 Å². The fourth-order valence-corrected chi connectivity index (χ4v) is 8.66. The molecule has 2 aliphatic heterocycles. The molecule has 1 saturated carbocycles. The maximum atomic E-state index is 14.4. The molecule has 0 unspecified atom stereocenters. The molecule has 4 aromatic rings. The summed E-state index contributed by atoms with van der Waals surface area (Å²) in [6.45, 7) is 1.49. The van der Waals surface area contributed by atoms with Crippen LogP contribution in [0.4, 0.5) is 10.5 Å². The van der Waals surface area contributed by atoms with Crippen LogP contribution in [0.5, 0.6) is 0 Å². The number of tetrazole rings is 1. The number of carbonyl (C=O) groups excluding carboxylic acids is 1. The van der Waals surface area contributed by atoms with Crippen LogP contribution in [0.25, 0.3) is 23.0 Å². The quantitative estimate of drug-likeness (QED) is 0.199. The maximum Gasteiger partial charge on any atom is 0.409 e. The molecule has 3 N–H and O–H groups in total. The second-order valence-electron chi connectivity index (χ2n) is 13.4. The first-order valence-electron chi connectivity index (χ1n) is 16.7. The highest BCUT2D eigenvalue weighted by Crippen LogP contribution is 2.52. The number of carboxylic acid groups (broad SMARTS) is 1. The lowest BCUT2D eigenvalue weighted by molar-refractivity contribution is -0.134. The maximum absolute atomic E-state index is 14.4. The number of imidazole rings is 1. The standard InChI is InChI=1S/C34H38ClN9O5S/c1-50(48,49)42-14-12-21(13-15-42)25-17-28(22-2-3-22)32(33-36-18-29(39-33)23-4-8-27(9-5-23)38-34(46)47)43(19-25)31(45)11-6-24-16-26(35)7-10-30(24)44-20-37-40-41-44/h4-11,16,18,20-22,25,28,32,38H,2-3,12-15,17,19H2,1H3,(H,36,39)(H,46,47)/b11-6+/t25-,28-,32-/m0/s1. The second-order valence-corrected chi connectivity index (χ2v) is 15.8. The van der Waals surface area contributed by atoms with E-state index in [1.54, 1.807) is 46.8 Å². The van der Waals surface area contributed by atoms with Gasteiger partial charge in [-0.15, -0.1) is 5.10 Å². The lowest BCUT2D eigenvalue weighted by atomic mass is 9.72. The van der Waals surface area contributed by atoms with Crippen molar-refractivity contribution in [1.29, 1.82) is 0 Å². The third-order valence-corrected chi connectivity index (χ3v) is 11.7. The molecular weight excluding hydrogens is 682 g/mol. The number of sulfonamides is 1. The molecule has 50 heavy (non-hydrogen) atoms. The summed E-state index contributed by atoms with van der Waals surface area (Å²) in [6.07, 6.45) is 11.4. The third kappa shape index (κ3) is 7.44. The Morgan fingerprint density at radius 2 is 1.80 bits per heavy atom. The monoisotopic (exact) mass is 719 g/mol. The number of benzene rings is 2. The Kier molecular flexibility index (Phi) is 9.46. The number of aromatic amines is 1. The molecule has 1 aliphatic carbocycles. The highest BCUT2D eigenvalue weighted by molar-refractivity contribution is 7.88. The number of likely N-dealkylation sites (tertiary alicyclic amines) is 1. The van der Waals surface area contributed by atoms with Gasteiger partial charge in [-0.1, -0.05) is 23.7 Å². The van der Waals surface area contributed by atoms with Crippen molar-refractivity contribution in [3.63, 3.8) is 0 Å². The lowest BCUT2D eigenvalue weighted by Crippen LogP contribution is -2.50. The Balaban J connectivity index is 1.20. The number of H-pyrrole nitrogens is 1. The molecule has 0 radical (unpaired) electrons. The minimum Gasteiger partial charge on any atom is -0.465 e. The zero-order valence-electron chi connectivity index (χ0n) is 27.4. The summed E-state index contributed by atoms with van der Waals surface area (Å²) in [4.78, 5) is 35.8. The number of nitrogens with one attached hydrogen (secondary N) is 2. The molecule has 2 aromatic heterocycles. The molecule has 3 atom stereocenters. The van der Waals surface area contributed by atoms with Crippen LogP contribution in [0.15, 0.2) is 61.1 Å². The molecule has 2 saturated heterocycles. The molecule has 4 heterocycles. The molecular formula is C34H38ClN9O5S. The number of amides is 2. The second kappa shape index (κ2) is 14.0. The van der Waals surface area contributed by atoms with Gasteiger partial charge in [0.05, 0.1) is 23.7 Å². The fourth-order valence-electron chi connectivity index (χ4n) is 7.60. The molecule has 14 nitrogen and oxygen atoms in total. The third-order valence-electron chi connectivity index (χ3n) is 10.2. The van der Waals surface area contributed by atoms with E-state index in [-0.39, 0.29) is 23.8 Å². The Labute approximate surface area is 294 Å². The summed E-state index contributed by atoms with van der Waals surface area (Å²) in [7, 11) is -3.25. The summed E-state index contributed by atoms with van der Waals surface area (Å²) in [5, 5.41) is 23.4. The van der Waals surface area contributed by atoms with E-state index in [1.165, 1.54) is 17.3 Å². The van der Waals surface area contributed by atoms with E-state index in [1.807, 2.05) is 23.2 Å². The highest BCUT2D eigenvalue weighted by Gasteiger charge is 2.48. The largest absolute Gasteiger partial charge is 0.465 e. The van der Waals surface area contributed by atoms with Crippen molar-refractivity contribution >= 4 is 45.4 Å².